The van der Waals surface area contributed by atoms with Gasteiger partial charge >= 0.3 is 0 Å². The van der Waals surface area contributed by atoms with Gasteiger partial charge < -0.3 is 10.4 Å². The minimum absolute atomic E-state index is 0.179. The van der Waals surface area contributed by atoms with Crippen LogP contribution in [0.4, 0.5) is 5.82 Å². The molecule has 3 heterocycles. The van der Waals surface area contributed by atoms with E-state index in [-0.39, 0.29) is 6.61 Å². The molecule has 3 aromatic heterocycles. The average molecular weight is 403 g/mol. The van der Waals surface area contributed by atoms with Crippen molar-refractivity contribution in [2.24, 2.45) is 0 Å². The standard InChI is InChI=1S/C20H26N4OS2/c1-3-4-9-14-12-7-5-8-13(12)15-16-17(27-19(15)22-14)18(21-10-6-11-25)24-20(23-16)26-2/h25H,3-11H2,1-2H3,(H,21,23,24). The van der Waals surface area contributed by atoms with Gasteiger partial charge in [0, 0.05) is 24.2 Å². The van der Waals surface area contributed by atoms with Gasteiger partial charge in [0.05, 0.1) is 10.2 Å². The van der Waals surface area contributed by atoms with Gasteiger partial charge in [0.2, 0.25) is 0 Å². The molecule has 0 fully saturated rings. The maximum atomic E-state index is 9.10. The predicted octanol–water partition coefficient (Wildman–Crippen LogP) is 4.59. The lowest BCUT2D eigenvalue weighted by atomic mass is 10.0. The van der Waals surface area contributed by atoms with Crippen molar-refractivity contribution < 1.29 is 5.11 Å². The molecule has 27 heavy (non-hydrogen) atoms. The molecule has 7 heteroatoms. The van der Waals surface area contributed by atoms with Crippen LogP contribution in [0.25, 0.3) is 20.4 Å². The van der Waals surface area contributed by atoms with E-state index in [1.807, 2.05) is 6.26 Å². The van der Waals surface area contributed by atoms with Crippen molar-refractivity contribution in [2.45, 2.75) is 57.0 Å². The summed E-state index contributed by atoms with van der Waals surface area (Å²) < 4.78 is 1.09. The Morgan fingerprint density at radius 3 is 2.78 bits per heavy atom. The Labute approximate surface area is 168 Å². The molecular weight excluding hydrogens is 376 g/mol. The smallest absolute Gasteiger partial charge is 0.189 e. The van der Waals surface area contributed by atoms with Crippen molar-refractivity contribution in [3.8, 4) is 0 Å². The van der Waals surface area contributed by atoms with Crippen LogP contribution in [0.15, 0.2) is 5.16 Å². The van der Waals surface area contributed by atoms with E-state index in [1.54, 1.807) is 23.1 Å². The van der Waals surface area contributed by atoms with Gasteiger partial charge in [-0.05, 0) is 55.9 Å². The fourth-order valence-corrected chi connectivity index (χ4v) is 5.37. The van der Waals surface area contributed by atoms with E-state index in [4.69, 9.17) is 20.1 Å². The molecule has 0 atom stereocenters. The average Bonchev–Trinajstić information content (AvgIpc) is 3.30. The third-order valence-corrected chi connectivity index (χ3v) is 6.80. The Morgan fingerprint density at radius 2 is 2.00 bits per heavy atom. The Morgan fingerprint density at radius 1 is 1.15 bits per heavy atom. The minimum atomic E-state index is 0.179. The van der Waals surface area contributed by atoms with E-state index in [0.717, 1.165) is 45.3 Å². The maximum absolute atomic E-state index is 9.10. The maximum Gasteiger partial charge on any atom is 0.189 e. The summed E-state index contributed by atoms with van der Waals surface area (Å²) in [7, 11) is 0. The topological polar surface area (TPSA) is 70.9 Å². The first-order chi connectivity index (χ1) is 13.3. The van der Waals surface area contributed by atoms with E-state index in [2.05, 4.69) is 12.2 Å². The zero-order valence-electron chi connectivity index (χ0n) is 16.0. The fraction of sp³-hybridized carbons (Fsp3) is 0.550. The van der Waals surface area contributed by atoms with Gasteiger partial charge in [0.15, 0.2) is 5.16 Å². The van der Waals surface area contributed by atoms with Crippen LogP contribution < -0.4 is 5.32 Å². The van der Waals surface area contributed by atoms with E-state index >= 15 is 0 Å². The van der Waals surface area contributed by atoms with Gasteiger partial charge in [0.25, 0.3) is 0 Å². The molecule has 1 aliphatic carbocycles. The van der Waals surface area contributed by atoms with Crippen molar-refractivity contribution >= 4 is 49.3 Å². The molecule has 2 N–H and O–H groups in total. The van der Waals surface area contributed by atoms with Crippen LogP contribution in [0.3, 0.4) is 0 Å². The predicted molar refractivity (Wildman–Crippen MR) is 115 cm³/mol. The van der Waals surface area contributed by atoms with E-state index in [9.17, 15) is 0 Å². The first-order valence-corrected chi connectivity index (χ1v) is 11.8. The van der Waals surface area contributed by atoms with Gasteiger partial charge in [0.1, 0.15) is 10.6 Å². The number of nitrogens with one attached hydrogen (secondary N) is 1. The molecule has 0 aliphatic heterocycles. The van der Waals surface area contributed by atoms with Crippen molar-refractivity contribution in [2.75, 3.05) is 24.7 Å². The Bertz CT molecular complexity index is 970. The molecular formula is C20H26N4OS2. The second kappa shape index (κ2) is 8.29. The second-order valence-electron chi connectivity index (χ2n) is 7.00. The number of anilines is 1. The number of rotatable bonds is 8. The molecule has 5 nitrogen and oxygen atoms in total. The van der Waals surface area contributed by atoms with Crippen LogP contribution in [-0.4, -0.2) is 39.5 Å². The zero-order valence-corrected chi connectivity index (χ0v) is 17.6. The third-order valence-electron chi connectivity index (χ3n) is 5.18. The summed E-state index contributed by atoms with van der Waals surface area (Å²) in [5.74, 6) is 0.877. The van der Waals surface area contributed by atoms with E-state index in [1.165, 1.54) is 41.5 Å². The van der Waals surface area contributed by atoms with Crippen molar-refractivity contribution in [3.05, 3.63) is 16.8 Å². The van der Waals surface area contributed by atoms with Gasteiger partial charge in [-0.15, -0.1) is 11.3 Å². The van der Waals surface area contributed by atoms with Gasteiger partial charge in [-0.1, -0.05) is 25.1 Å². The Hall–Kier alpha value is -1.44. The second-order valence-corrected chi connectivity index (χ2v) is 8.77. The number of aromatic nitrogens is 3. The normalized spacial score (nSPS) is 13.6. The lowest BCUT2D eigenvalue weighted by Gasteiger charge is -2.09. The van der Waals surface area contributed by atoms with Crippen molar-refractivity contribution in [1.29, 1.82) is 0 Å². The molecule has 0 saturated heterocycles. The molecule has 0 radical (unpaired) electrons. The summed E-state index contributed by atoms with van der Waals surface area (Å²) in [5.41, 5.74) is 5.31. The summed E-state index contributed by atoms with van der Waals surface area (Å²) >= 11 is 3.28. The number of aliphatic hydroxyl groups excluding tert-OH is 1. The lowest BCUT2D eigenvalue weighted by Crippen LogP contribution is -2.06. The molecule has 1 aliphatic rings. The number of nitrogens with zero attached hydrogens (tertiary/aromatic N) is 3. The molecule has 0 aromatic carbocycles. The Balaban J connectivity index is 1.91. The number of thiophene rings is 1. The quantitative estimate of drug-likeness (QED) is 0.326. The number of hydrogen-bond donors (Lipinski definition) is 2. The summed E-state index contributed by atoms with van der Waals surface area (Å²) in [6.07, 6.45) is 9.68. The number of aliphatic hydroxyl groups is 1. The van der Waals surface area contributed by atoms with E-state index < -0.39 is 0 Å². The highest BCUT2D eigenvalue weighted by Gasteiger charge is 2.24. The SMILES string of the molecule is CCCCc1nc2sc3c(NCCCO)nc(SC)nc3c2c2c1CCC2. The molecule has 0 amide bonds. The van der Waals surface area contributed by atoms with Crippen LogP contribution >= 0.6 is 23.1 Å². The fourth-order valence-electron chi connectivity index (χ4n) is 3.87. The summed E-state index contributed by atoms with van der Waals surface area (Å²) in [5, 5.41) is 14.5. The molecule has 0 unspecified atom stereocenters. The van der Waals surface area contributed by atoms with Crippen LogP contribution in [0, 0.1) is 0 Å². The highest BCUT2D eigenvalue weighted by molar-refractivity contribution is 7.98. The largest absolute Gasteiger partial charge is 0.396 e. The monoisotopic (exact) mass is 402 g/mol. The van der Waals surface area contributed by atoms with E-state index in [0.29, 0.717) is 13.0 Å². The van der Waals surface area contributed by atoms with Gasteiger partial charge in [-0.2, -0.15) is 0 Å². The minimum Gasteiger partial charge on any atom is -0.396 e. The van der Waals surface area contributed by atoms with Gasteiger partial charge in [-0.3, -0.25) is 0 Å². The summed E-state index contributed by atoms with van der Waals surface area (Å²) in [6, 6.07) is 0. The number of hydrogen-bond acceptors (Lipinski definition) is 7. The number of thioether (sulfide) groups is 1. The van der Waals surface area contributed by atoms with Crippen LogP contribution in [-0.2, 0) is 19.3 Å². The molecule has 4 rings (SSSR count). The Kier molecular flexibility index (Phi) is 5.80. The number of aryl methyl sites for hydroxylation is 2. The third kappa shape index (κ3) is 3.52. The summed E-state index contributed by atoms with van der Waals surface area (Å²) in [4.78, 5) is 15.8. The zero-order chi connectivity index (χ0) is 18.8. The number of fused-ring (bicyclic) bond motifs is 5. The van der Waals surface area contributed by atoms with Crippen molar-refractivity contribution in [1.82, 2.24) is 15.0 Å². The lowest BCUT2D eigenvalue weighted by molar-refractivity contribution is 0.292. The molecule has 0 bridgehead atoms. The molecule has 0 spiro atoms. The van der Waals surface area contributed by atoms with Gasteiger partial charge in [-0.25, -0.2) is 15.0 Å². The highest BCUT2D eigenvalue weighted by Crippen LogP contribution is 2.42. The summed E-state index contributed by atoms with van der Waals surface area (Å²) in [6.45, 7) is 3.12. The van der Waals surface area contributed by atoms with Crippen LogP contribution in [0.2, 0.25) is 0 Å². The molecule has 144 valence electrons. The molecule has 3 aromatic rings. The van der Waals surface area contributed by atoms with Crippen LogP contribution in [0.1, 0.15) is 49.4 Å². The molecule has 0 saturated carbocycles. The number of unbranched alkanes of at least 4 members (excludes halogenated alkanes) is 1. The number of pyridine rings is 1. The highest BCUT2D eigenvalue weighted by atomic mass is 32.2. The van der Waals surface area contributed by atoms with Crippen LogP contribution in [0.5, 0.6) is 0 Å². The first kappa shape index (κ1) is 18.9. The van der Waals surface area contributed by atoms with Crippen molar-refractivity contribution in [3.63, 3.8) is 0 Å². The first-order valence-electron chi connectivity index (χ1n) is 9.80.